The molecule has 0 atom stereocenters. The van der Waals surface area contributed by atoms with Crippen molar-refractivity contribution in [3.63, 3.8) is 0 Å². The van der Waals surface area contributed by atoms with E-state index in [2.05, 4.69) is 5.32 Å². The van der Waals surface area contributed by atoms with E-state index in [1.807, 2.05) is 0 Å². The van der Waals surface area contributed by atoms with Gasteiger partial charge in [0.15, 0.2) is 0 Å². The second-order valence-corrected chi connectivity index (χ2v) is 3.22. The highest BCUT2D eigenvalue weighted by atomic mass is 35.5. The Labute approximate surface area is 80.6 Å². The summed E-state index contributed by atoms with van der Waals surface area (Å²) in [7, 11) is 1.74. The molecule has 0 aliphatic heterocycles. The Bertz CT molecular complexity index is 70.9. The summed E-state index contributed by atoms with van der Waals surface area (Å²) in [6.07, 6.45) is 4.66. The summed E-state index contributed by atoms with van der Waals surface area (Å²) in [4.78, 5) is 0. The van der Waals surface area contributed by atoms with Crippen LogP contribution in [-0.2, 0) is 4.74 Å². The summed E-state index contributed by atoms with van der Waals surface area (Å²) in [5.41, 5.74) is 0. The molecule has 12 heavy (non-hydrogen) atoms. The minimum Gasteiger partial charge on any atom is -0.385 e. The minimum absolute atomic E-state index is 0.783. The lowest BCUT2D eigenvalue weighted by Crippen LogP contribution is -2.17. The Morgan fingerprint density at radius 2 is 1.75 bits per heavy atom. The van der Waals surface area contributed by atoms with E-state index in [1.54, 1.807) is 7.11 Å². The SMILES string of the molecule is COCCCCNCCCCCl. The van der Waals surface area contributed by atoms with E-state index in [4.69, 9.17) is 16.3 Å². The summed E-state index contributed by atoms with van der Waals surface area (Å²) >= 11 is 5.54. The first kappa shape index (κ1) is 12.2. The smallest absolute Gasteiger partial charge is 0.0462 e. The largest absolute Gasteiger partial charge is 0.385 e. The van der Waals surface area contributed by atoms with Crippen molar-refractivity contribution in [2.24, 2.45) is 0 Å². The molecule has 0 aliphatic carbocycles. The van der Waals surface area contributed by atoms with Crippen molar-refractivity contribution in [2.45, 2.75) is 25.7 Å². The number of methoxy groups -OCH3 is 1. The van der Waals surface area contributed by atoms with Crippen molar-refractivity contribution < 1.29 is 4.74 Å². The molecule has 0 saturated heterocycles. The summed E-state index contributed by atoms with van der Waals surface area (Å²) in [6.45, 7) is 3.08. The van der Waals surface area contributed by atoms with Gasteiger partial charge in [0.1, 0.15) is 0 Å². The molecule has 0 rings (SSSR count). The van der Waals surface area contributed by atoms with E-state index in [0.717, 1.165) is 38.4 Å². The van der Waals surface area contributed by atoms with Crippen molar-refractivity contribution in [1.82, 2.24) is 5.32 Å². The van der Waals surface area contributed by atoms with Crippen LogP contribution in [-0.4, -0.2) is 32.7 Å². The van der Waals surface area contributed by atoms with Gasteiger partial charge in [-0.15, -0.1) is 11.6 Å². The van der Waals surface area contributed by atoms with Crippen LogP contribution in [0.15, 0.2) is 0 Å². The van der Waals surface area contributed by atoms with Crippen LogP contribution in [0.1, 0.15) is 25.7 Å². The normalized spacial score (nSPS) is 10.5. The molecule has 0 radical (unpaired) electrons. The Hall–Kier alpha value is 0.210. The summed E-state index contributed by atoms with van der Waals surface area (Å²) in [5.74, 6) is 0.783. The Kier molecular flexibility index (Phi) is 11.4. The number of hydrogen-bond donors (Lipinski definition) is 1. The molecule has 0 heterocycles. The zero-order valence-corrected chi connectivity index (χ0v) is 8.70. The molecule has 0 aromatic rings. The highest BCUT2D eigenvalue weighted by molar-refractivity contribution is 6.17. The van der Waals surface area contributed by atoms with E-state index in [-0.39, 0.29) is 0 Å². The molecule has 0 amide bonds. The number of rotatable bonds is 9. The van der Waals surface area contributed by atoms with Crippen LogP contribution in [0.25, 0.3) is 0 Å². The van der Waals surface area contributed by atoms with Gasteiger partial charge >= 0.3 is 0 Å². The first-order valence-corrected chi connectivity index (χ1v) is 5.21. The third-order valence-electron chi connectivity index (χ3n) is 1.69. The van der Waals surface area contributed by atoms with Gasteiger partial charge in [0.05, 0.1) is 0 Å². The number of unbranched alkanes of at least 4 members (excludes halogenated alkanes) is 2. The fourth-order valence-corrected chi connectivity index (χ4v) is 1.15. The molecule has 0 aromatic carbocycles. The first-order valence-electron chi connectivity index (χ1n) is 4.67. The highest BCUT2D eigenvalue weighted by Gasteiger charge is 1.88. The summed E-state index contributed by atoms with van der Waals surface area (Å²) in [6, 6.07) is 0. The third kappa shape index (κ3) is 10.2. The zero-order valence-electron chi connectivity index (χ0n) is 7.94. The van der Waals surface area contributed by atoms with Gasteiger partial charge in [0, 0.05) is 19.6 Å². The molecule has 1 N–H and O–H groups in total. The fourth-order valence-electron chi connectivity index (χ4n) is 0.966. The topological polar surface area (TPSA) is 21.3 Å². The van der Waals surface area contributed by atoms with Crippen LogP contribution in [0.2, 0.25) is 0 Å². The molecule has 0 aromatic heterocycles. The maximum atomic E-state index is 5.54. The van der Waals surface area contributed by atoms with E-state index < -0.39 is 0 Å². The van der Waals surface area contributed by atoms with Crippen LogP contribution in [0.5, 0.6) is 0 Å². The number of ether oxygens (including phenoxy) is 1. The van der Waals surface area contributed by atoms with Crippen molar-refractivity contribution in [1.29, 1.82) is 0 Å². The number of nitrogens with one attached hydrogen (secondary N) is 1. The number of halogens is 1. The van der Waals surface area contributed by atoms with Gasteiger partial charge in [-0.2, -0.15) is 0 Å². The second kappa shape index (κ2) is 11.2. The quantitative estimate of drug-likeness (QED) is 0.447. The van der Waals surface area contributed by atoms with Gasteiger partial charge in [-0.1, -0.05) is 0 Å². The van der Waals surface area contributed by atoms with Crippen LogP contribution in [0.4, 0.5) is 0 Å². The fraction of sp³-hybridized carbons (Fsp3) is 1.00. The van der Waals surface area contributed by atoms with Crippen molar-refractivity contribution >= 4 is 11.6 Å². The molecule has 0 saturated carbocycles. The Morgan fingerprint density at radius 1 is 1.08 bits per heavy atom. The maximum absolute atomic E-state index is 5.54. The average molecular weight is 194 g/mol. The van der Waals surface area contributed by atoms with Crippen molar-refractivity contribution in [3.05, 3.63) is 0 Å². The molecular formula is C9H20ClNO. The van der Waals surface area contributed by atoms with E-state index in [0.29, 0.717) is 0 Å². The lowest BCUT2D eigenvalue weighted by atomic mass is 10.3. The van der Waals surface area contributed by atoms with Crippen LogP contribution in [0.3, 0.4) is 0 Å². The maximum Gasteiger partial charge on any atom is 0.0462 e. The second-order valence-electron chi connectivity index (χ2n) is 2.85. The highest BCUT2D eigenvalue weighted by Crippen LogP contribution is 1.90. The number of alkyl halides is 1. The Balaban J connectivity index is 2.73. The minimum atomic E-state index is 0.783. The molecule has 3 heteroatoms. The lowest BCUT2D eigenvalue weighted by molar-refractivity contribution is 0.192. The van der Waals surface area contributed by atoms with Crippen molar-refractivity contribution in [2.75, 3.05) is 32.7 Å². The van der Waals surface area contributed by atoms with Crippen molar-refractivity contribution in [3.8, 4) is 0 Å². The summed E-state index contributed by atoms with van der Waals surface area (Å²) in [5, 5.41) is 3.36. The molecule has 0 fully saturated rings. The van der Waals surface area contributed by atoms with Gasteiger partial charge in [-0.25, -0.2) is 0 Å². The van der Waals surface area contributed by atoms with Crippen LogP contribution < -0.4 is 5.32 Å². The molecule has 0 unspecified atom stereocenters. The van der Waals surface area contributed by atoms with E-state index in [9.17, 15) is 0 Å². The standard InChI is InChI=1S/C9H20ClNO/c1-12-9-5-4-8-11-7-3-2-6-10/h11H,2-9H2,1H3. The van der Waals surface area contributed by atoms with Crippen LogP contribution in [0, 0.1) is 0 Å². The lowest BCUT2D eigenvalue weighted by Gasteiger charge is -2.02. The Morgan fingerprint density at radius 3 is 2.33 bits per heavy atom. The zero-order chi connectivity index (χ0) is 9.07. The molecule has 74 valence electrons. The predicted octanol–water partition coefficient (Wildman–Crippen LogP) is 2.02. The van der Waals surface area contributed by atoms with Gasteiger partial charge in [-0.05, 0) is 38.8 Å². The first-order chi connectivity index (χ1) is 5.91. The molecule has 0 bridgehead atoms. The summed E-state index contributed by atoms with van der Waals surface area (Å²) < 4.78 is 4.94. The average Bonchev–Trinajstić information content (AvgIpc) is 2.10. The van der Waals surface area contributed by atoms with Gasteiger partial charge in [-0.3, -0.25) is 0 Å². The monoisotopic (exact) mass is 193 g/mol. The molecule has 0 aliphatic rings. The molecule has 2 nitrogen and oxygen atoms in total. The number of hydrogen-bond acceptors (Lipinski definition) is 2. The van der Waals surface area contributed by atoms with E-state index in [1.165, 1.54) is 12.8 Å². The third-order valence-corrected chi connectivity index (χ3v) is 1.96. The molecular weight excluding hydrogens is 174 g/mol. The molecule has 0 spiro atoms. The van der Waals surface area contributed by atoms with Crippen LogP contribution >= 0.6 is 11.6 Å². The predicted molar refractivity (Wildman–Crippen MR) is 53.9 cm³/mol. The van der Waals surface area contributed by atoms with Gasteiger partial charge in [0.2, 0.25) is 0 Å². The van der Waals surface area contributed by atoms with Gasteiger partial charge < -0.3 is 10.1 Å². The van der Waals surface area contributed by atoms with E-state index >= 15 is 0 Å². The van der Waals surface area contributed by atoms with Gasteiger partial charge in [0.25, 0.3) is 0 Å².